The molecular weight excluding hydrogens is 572 g/mol. The van der Waals surface area contributed by atoms with Crippen LogP contribution in [0.5, 0.6) is 5.75 Å². The van der Waals surface area contributed by atoms with Gasteiger partial charge in [0.2, 0.25) is 5.91 Å². The molecule has 1 aromatic heterocycles. The summed E-state index contributed by atoms with van der Waals surface area (Å²) in [6.45, 7) is 7.93. The standard InChI is InChI=1S/C36H50N2O2.BrH/c1-4-5-6-7-8-9-10-11-12-13-14-17-23-40-34-21-18-19-32(25-34)26-36(39)37-35-22-16-15-20-33(35)29-38-27-30(2)24-31(3)28-38;/h15-16,18-22,24-25,27-28H,4-14,17,23,26,29H2,1-3H3;1H. The van der Waals surface area contributed by atoms with Gasteiger partial charge < -0.3 is 27.0 Å². The average Bonchev–Trinajstić information content (AvgIpc) is 2.92. The van der Waals surface area contributed by atoms with E-state index in [1.807, 2.05) is 42.5 Å². The number of halogens is 1. The number of rotatable bonds is 19. The molecule has 0 aliphatic rings. The van der Waals surface area contributed by atoms with E-state index in [1.165, 1.54) is 81.8 Å². The van der Waals surface area contributed by atoms with Gasteiger partial charge in [-0.1, -0.05) is 108 Å². The van der Waals surface area contributed by atoms with Gasteiger partial charge in [-0.25, -0.2) is 4.57 Å². The highest BCUT2D eigenvalue weighted by Crippen LogP contribution is 2.18. The number of aromatic nitrogens is 1. The van der Waals surface area contributed by atoms with E-state index in [9.17, 15) is 4.79 Å². The molecule has 0 saturated carbocycles. The molecular formula is C36H51BrN2O2. The highest BCUT2D eigenvalue weighted by atomic mass is 79.9. The van der Waals surface area contributed by atoms with Crippen LogP contribution in [0.4, 0.5) is 5.69 Å². The minimum Gasteiger partial charge on any atom is -1.00 e. The summed E-state index contributed by atoms with van der Waals surface area (Å²) in [7, 11) is 0. The first-order valence-electron chi connectivity index (χ1n) is 15.6. The van der Waals surface area contributed by atoms with Crippen molar-refractivity contribution in [2.24, 2.45) is 0 Å². The van der Waals surface area contributed by atoms with Crippen LogP contribution < -0.4 is 31.6 Å². The molecule has 224 valence electrons. The number of benzene rings is 2. The number of hydrogen-bond acceptors (Lipinski definition) is 2. The van der Waals surface area contributed by atoms with E-state index >= 15 is 0 Å². The minimum absolute atomic E-state index is 0. The molecule has 0 unspecified atom stereocenters. The van der Waals surface area contributed by atoms with E-state index in [-0.39, 0.29) is 22.9 Å². The third-order valence-corrected chi connectivity index (χ3v) is 7.37. The minimum atomic E-state index is -0.0176. The first-order valence-corrected chi connectivity index (χ1v) is 15.6. The van der Waals surface area contributed by atoms with Crippen molar-refractivity contribution in [3.8, 4) is 5.75 Å². The van der Waals surface area contributed by atoms with Crippen LogP contribution in [0.1, 0.15) is 106 Å². The molecule has 1 heterocycles. The molecule has 0 atom stereocenters. The van der Waals surface area contributed by atoms with Crippen molar-refractivity contribution in [1.82, 2.24) is 0 Å². The molecule has 0 fully saturated rings. The Morgan fingerprint density at radius 2 is 1.37 bits per heavy atom. The Bertz CT molecular complexity index is 1140. The fraction of sp³-hybridized carbons (Fsp3) is 0.500. The van der Waals surface area contributed by atoms with Crippen molar-refractivity contribution in [3.05, 3.63) is 89.2 Å². The highest BCUT2D eigenvalue weighted by Gasteiger charge is 2.12. The molecule has 2 aromatic carbocycles. The number of pyridine rings is 1. The molecule has 1 N–H and O–H groups in total. The Hall–Kier alpha value is -2.66. The van der Waals surface area contributed by atoms with E-state index in [1.54, 1.807) is 0 Å². The van der Waals surface area contributed by atoms with Gasteiger partial charge in [0, 0.05) is 16.7 Å². The van der Waals surface area contributed by atoms with Gasteiger partial charge in [-0.15, -0.1) is 0 Å². The molecule has 0 aliphatic carbocycles. The summed E-state index contributed by atoms with van der Waals surface area (Å²) in [5.41, 5.74) is 5.36. The number of para-hydroxylation sites is 1. The van der Waals surface area contributed by atoms with Crippen LogP contribution in [0, 0.1) is 13.8 Å². The van der Waals surface area contributed by atoms with Crippen molar-refractivity contribution in [3.63, 3.8) is 0 Å². The number of anilines is 1. The van der Waals surface area contributed by atoms with Gasteiger partial charge in [0.05, 0.1) is 18.7 Å². The summed E-state index contributed by atoms with van der Waals surface area (Å²) < 4.78 is 8.18. The van der Waals surface area contributed by atoms with Crippen molar-refractivity contribution in [2.45, 2.75) is 111 Å². The lowest BCUT2D eigenvalue weighted by molar-refractivity contribution is -0.688. The second-order valence-corrected chi connectivity index (χ2v) is 11.3. The smallest absolute Gasteiger partial charge is 0.228 e. The molecule has 4 nitrogen and oxygen atoms in total. The third-order valence-electron chi connectivity index (χ3n) is 7.37. The molecule has 3 rings (SSSR count). The Balaban J connectivity index is 0.00000588. The van der Waals surface area contributed by atoms with Gasteiger partial charge in [-0.3, -0.25) is 4.79 Å². The first-order chi connectivity index (χ1) is 19.5. The maximum Gasteiger partial charge on any atom is 0.228 e. The Morgan fingerprint density at radius 3 is 2.02 bits per heavy atom. The molecule has 0 spiro atoms. The molecule has 0 bridgehead atoms. The zero-order valence-corrected chi connectivity index (χ0v) is 27.2. The van der Waals surface area contributed by atoms with Crippen LogP contribution >= 0.6 is 0 Å². The first kappa shape index (κ1) is 34.5. The molecule has 0 saturated heterocycles. The SMILES string of the molecule is CCCCCCCCCCCCCCOc1cccc(CC(=O)Nc2ccccc2C[n+]2cc(C)cc(C)c2)c1.[Br-]. The Kier molecular flexibility index (Phi) is 17.1. The number of unbranched alkanes of at least 4 members (excludes halogenated alkanes) is 11. The molecule has 0 radical (unpaired) electrons. The maximum absolute atomic E-state index is 12.9. The number of carbonyl (C=O) groups is 1. The summed E-state index contributed by atoms with van der Waals surface area (Å²) in [6, 6.07) is 18.2. The number of ether oxygens (including phenoxy) is 1. The highest BCUT2D eigenvalue weighted by molar-refractivity contribution is 5.93. The number of nitrogens with zero attached hydrogens (tertiary/aromatic N) is 1. The molecule has 41 heavy (non-hydrogen) atoms. The number of aryl methyl sites for hydroxylation is 2. The summed E-state index contributed by atoms with van der Waals surface area (Å²) >= 11 is 0. The zero-order chi connectivity index (χ0) is 28.4. The lowest BCUT2D eigenvalue weighted by Gasteiger charge is -2.11. The van der Waals surface area contributed by atoms with Gasteiger partial charge in [0.15, 0.2) is 18.9 Å². The van der Waals surface area contributed by atoms with Gasteiger partial charge in [0.25, 0.3) is 0 Å². The quantitative estimate of drug-likeness (QED) is 0.133. The van der Waals surface area contributed by atoms with Gasteiger partial charge in [0.1, 0.15) is 5.75 Å². The van der Waals surface area contributed by atoms with E-state index < -0.39 is 0 Å². The lowest BCUT2D eigenvalue weighted by Crippen LogP contribution is -3.00. The average molecular weight is 624 g/mol. The predicted octanol–water partition coefficient (Wildman–Crippen LogP) is 5.90. The van der Waals surface area contributed by atoms with Gasteiger partial charge >= 0.3 is 0 Å². The van der Waals surface area contributed by atoms with Crippen LogP contribution in [0.15, 0.2) is 67.0 Å². The fourth-order valence-electron chi connectivity index (χ4n) is 5.32. The topological polar surface area (TPSA) is 42.2 Å². The second kappa shape index (κ2) is 20.3. The van der Waals surface area contributed by atoms with E-state index in [4.69, 9.17) is 4.74 Å². The van der Waals surface area contributed by atoms with E-state index in [0.717, 1.165) is 35.6 Å². The van der Waals surface area contributed by atoms with Gasteiger partial charge in [-0.05, 0) is 50.1 Å². The van der Waals surface area contributed by atoms with Crippen LogP contribution in [0.25, 0.3) is 0 Å². The van der Waals surface area contributed by atoms with Crippen LogP contribution in [-0.2, 0) is 17.8 Å². The summed E-state index contributed by atoms with van der Waals surface area (Å²) in [5.74, 6) is 0.830. The number of hydrogen-bond donors (Lipinski definition) is 1. The molecule has 1 amide bonds. The number of nitrogens with one attached hydrogen (secondary N) is 1. The van der Waals surface area contributed by atoms with Crippen LogP contribution in [0.3, 0.4) is 0 Å². The fourth-order valence-corrected chi connectivity index (χ4v) is 5.32. The Morgan fingerprint density at radius 1 is 0.756 bits per heavy atom. The monoisotopic (exact) mass is 622 g/mol. The number of amides is 1. The van der Waals surface area contributed by atoms with Crippen LogP contribution in [-0.4, -0.2) is 12.5 Å². The van der Waals surface area contributed by atoms with Crippen molar-refractivity contribution < 1.29 is 31.1 Å². The molecule has 3 aromatic rings. The Labute approximate surface area is 259 Å². The molecule has 0 aliphatic heterocycles. The van der Waals surface area contributed by atoms with Gasteiger partial charge in [-0.2, -0.15) is 0 Å². The van der Waals surface area contributed by atoms with Crippen molar-refractivity contribution in [2.75, 3.05) is 11.9 Å². The predicted molar refractivity (Wildman–Crippen MR) is 167 cm³/mol. The summed E-state index contributed by atoms with van der Waals surface area (Å²) in [6.07, 6.45) is 20.6. The summed E-state index contributed by atoms with van der Waals surface area (Å²) in [5, 5.41) is 3.13. The number of carbonyl (C=O) groups excluding carboxylic acids is 1. The van der Waals surface area contributed by atoms with Crippen LogP contribution in [0.2, 0.25) is 0 Å². The van der Waals surface area contributed by atoms with E-state index in [2.05, 4.69) is 55.2 Å². The normalized spacial score (nSPS) is 10.7. The zero-order valence-electron chi connectivity index (χ0n) is 25.6. The third kappa shape index (κ3) is 14.2. The molecule has 5 heteroatoms. The lowest BCUT2D eigenvalue weighted by atomic mass is 10.1. The summed E-state index contributed by atoms with van der Waals surface area (Å²) in [4.78, 5) is 12.9. The van der Waals surface area contributed by atoms with Crippen molar-refractivity contribution in [1.29, 1.82) is 0 Å². The van der Waals surface area contributed by atoms with E-state index in [0.29, 0.717) is 13.0 Å². The largest absolute Gasteiger partial charge is 1.00 e. The van der Waals surface area contributed by atoms with Crippen molar-refractivity contribution >= 4 is 11.6 Å². The maximum atomic E-state index is 12.9. The second-order valence-electron chi connectivity index (χ2n) is 11.3.